The summed E-state index contributed by atoms with van der Waals surface area (Å²) < 4.78 is 6.07. The van der Waals surface area contributed by atoms with Crippen LogP contribution in [0.5, 0.6) is 5.75 Å². The lowest BCUT2D eigenvalue weighted by atomic mass is 9.88. The van der Waals surface area contributed by atoms with Crippen LogP contribution in [0.25, 0.3) is 22.2 Å². The van der Waals surface area contributed by atoms with Crippen molar-refractivity contribution >= 4 is 16.9 Å². The molecule has 2 aromatic carbocycles. The number of benzene rings is 2. The Labute approximate surface area is 186 Å². The minimum absolute atomic E-state index is 0.0529. The third-order valence-corrected chi connectivity index (χ3v) is 6.45. The lowest BCUT2D eigenvalue weighted by Gasteiger charge is -2.17. The van der Waals surface area contributed by atoms with Crippen molar-refractivity contribution in [2.45, 2.75) is 38.7 Å². The molecule has 6 heteroatoms. The highest BCUT2D eigenvalue weighted by Crippen LogP contribution is 2.43. The first-order valence-corrected chi connectivity index (χ1v) is 11.0. The zero-order chi connectivity index (χ0) is 22.1. The largest absolute Gasteiger partial charge is 0.489 e. The molecule has 4 aromatic rings. The molecular weight excluding hydrogens is 402 g/mol. The fraction of sp³-hybridized carbons (Fsp3) is 0.269. The van der Waals surface area contributed by atoms with Gasteiger partial charge in [0.15, 0.2) is 0 Å². The topological polar surface area (TPSA) is 88.1 Å². The summed E-state index contributed by atoms with van der Waals surface area (Å²) in [6.45, 7) is 2.42. The van der Waals surface area contributed by atoms with Crippen LogP contribution in [0, 0.1) is 5.92 Å². The number of carboxylic acid groups (broad SMARTS) is 1. The quantitative estimate of drug-likeness (QED) is 0.415. The van der Waals surface area contributed by atoms with Gasteiger partial charge in [0.25, 0.3) is 0 Å². The highest BCUT2D eigenvalue weighted by Gasteiger charge is 2.35. The third kappa shape index (κ3) is 3.73. The average Bonchev–Trinajstić information content (AvgIpc) is 3.39. The minimum Gasteiger partial charge on any atom is -0.489 e. The Kier molecular flexibility index (Phi) is 5.35. The van der Waals surface area contributed by atoms with E-state index in [-0.39, 0.29) is 11.8 Å². The Balaban J connectivity index is 1.32. The van der Waals surface area contributed by atoms with Crippen LogP contribution in [0.3, 0.4) is 0 Å². The van der Waals surface area contributed by atoms with Crippen molar-refractivity contribution in [3.63, 3.8) is 0 Å². The number of aliphatic carboxylic acids is 1. The highest BCUT2D eigenvalue weighted by molar-refractivity contribution is 5.87. The average molecular weight is 428 g/mol. The van der Waals surface area contributed by atoms with Gasteiger partial charge in [-0.2, -0.15) is 0 Å². The minimum atomic E-state index is -0.710. The van der Waals surface area contributed by atoms with Gasteiger partial charge in [-0.3, -0.25) is 14.8 Å². The molecule has 2 atom stereocenters. The van der Waals surface area contributed by atoms with E-state index in [4.69, 9.17) is 4.74 Å². The Morgan fingerprint density at radius 1 is 1.22 bits per heavy atom. The van der Waals surface area contributed by atoms with Gasteiger partial charge in [-0.05, 0) is 48.6 Å². The molecule has 1 aliphatic rings. The number of rotatable bonds is 7. The standard InChI is InChI=1S/C26H25N3O3/c1-2-19(26(30)31)20-8-9-21-22-13-18(7-10-23(22)29-25(20)21)32-15-16-3-5-17(6-4-16)24-14-27-11-12-28-24/h3-7,10-14,19-20,29H,2,8-9,15H2,1H3,(H,30,31). The molecule has 0 spiro atoms. The van der Waals surface area contributed by atoms with Crippen LogP contribution in [0.1, 0.15) is 42.5 Å². The van der Waals surface area contributed by atoms with Crippen molar-refractivity contribution in [3.05, 3.63) is 77.9 Å². The van der Waals surface area contributed by atoms with Gasteiger partial charge in [0.05, 0.1) is 17.8 Å². The Hall–Kier alpha value is -3.67. The predicted molar refractivity (Wildman–Crippen MR) is 123 cm³/mol. The molecule has 32 heavy (non-hydrogen) atoms. The van der Waals surface area contributed by atoms with Crippen LogP contribution in [0.4, 0.5) is 0 Å². The third-order valence-electron chi connectivity index (χ3n) is 6.45. The fourth-order valence-corrected chi connectivity index (χ4v) is 4.79. The molecule has 0 bridgehead atoms. The van der Waals surface area contributed by atoms with E-state index >= 15 is 0 Å². The van der Waals surface area contributed by atoms with Crippen molar-refractivity contribution in [3.8, 4) is 17.0 Å². The molecule has 6 nitrogen and oxygen atoms in total. The van der Waals surface area contributed by atoms with Crippen LogP contribution >= 0.6 is 0 Å². The van der Waals surface area contributed by atoms with E-state index < -0.39 is 5.97 Å². The number of H-pyrrole nitrogens is 1. The first-order chi connectivity index (χ1) is 15.6. The fourth-order valence-electron chi connectivity index (χ4n) is 4.79. The molecule has 2 unspecified atom stereocenters. The summed E-state index contributed by atoms with van der Waals surface area (Å²) in [5.41, 5.74) is 6.31. The number of aryl methyl sites for hydroxylation is 1. The summed E-state index contributed by atoms with van der Waals surface area (Å²) >= 11 is 0. The summed E-state index contributed by atoms with van der Waals surface area (Å²) in [4.78, 5) is 23.6. The van der Waals surface area contributed by atoms with Crippen LogP contribution in [-0.4, -0.2) is 26.0 Å². The number of aromatic amines is 1. The van der Waals surface area contributed by atoms with Crippen molar-refractivity contribution in [1.29, 1.82) is 0 Å². The van der Waals surface area contributed by atoms with Gasteiger partial charge >= 0.3 is 5.97 Å². The molecule has 0 fully saturated rings. The van der Waals surface area contributed by atoms with Crippen molar-refractivity contribution in [2.24, 2.45) is 5.92 Å². The first kappa shape index (κ1) is 20.2. The van der Waals surface area contributed by atoms with E-state index in [0.29, 0.717) is 13.0 Å². The number of aromatic nitrogens is 3. The molecular formula is C26H25N3O3. The summed E-state index contributed by atoms with van der Waals surface area (Å²) in [5.74, 6) is -0.189. The Morgan fingerprint density at radius 3 is 2.78 bits per heavy atom. The van der Waals surface area contributed by atoms with Crippen LogP contribution in [0.2, 0.25) is 0 Å². The van der Waals surface area contributed by atoms with Crippen molar-refractivity contribution in [1.82, 2.24) is 15.0 Å². The first-order valence-electron chi connectivity index (χ1n) is 11.0. The second-order valence-electron chi connectivity index (χ2n) is 8.30. The van der Waals surface area contributed by atoms with Gasteiger partial charge < -0.3 is 14.8 Å². The Morgan fingerprint density at radius 2 is 2.06 bits per heavy atom. The number of nitrogens with one attached hydrogen (secondary N) is 1. The molecule has 0 amide bonds. The lowest BCUT2D eigenvalue weighted by Crippen LogP contribution is -2.20. The number of hydrogen-bond acceptors (Lipinski definition) is 4. The van der Waals surface area contributed by atoms with Gasteiger partial charge in [-0.15, -0.1) is 0 Å². The highest BCUT2D eigenvalue weighted by atomic mass is 16.5. The number of fused-ring (bicyclic) bond motifs is 3. The van der Waals surface area contributed by atoms with Crippen LogP contribution in [0.15, 0.2) is 61.1 Å². The van der Waals surface area contributed by atoms with E-state index in [9.17, 15) is 9.90 Å². The molecule has 0 saturated heterocycles. The normalized spacial score (nSPS) is 16.1. The molecule has 2 heterocycles. The zero-order valence-electron chi connectivity index (χ0n) is 17.9. The smallest absolute Gasteiger partial charge is 0.307 e. The molecule has 2 N–H and O–H groups in total. The summed E-state index contributed by atoms with van der Waals surface area (Å²) in [6.07, 6.45) is 7.52. The summed E-state index contributed by atoms with van der Waals surface area (Å²) in [5, 5.41) is 10.7. The molecule has 0 aliphatic heterocycles. The number of nitrogens with zero attached hydrogens (tertiary/aromatic N) is 2. The maximum atomic E-state index is 11.7. The molecule has 5 rings (SSSR count). The number of carbonyl (C=O) groups is 1. The second-order valence-corrected chi connectivity index (χ2v) is 8.30. The molecule has 1 aliphatic carbocycles. The lowest BCUT2D eigenvalue weighted by molar-refractivity contribution is -0.142. The van der Waals surface area contributed by atoms with Crippen LogP contribution in [-0.2, 0) is 17.8 Å². The van der Waals surface area contributed by atoms with Gasteiger partial charge in [0, 0.05) is 40.5 Å². The van der Waals surface area contributed by atoms with Gasteiger partial charge in [-0.25, -0.2) is 0 Å². The van der Waals surface area contributed by atoms with Crippen molar-refractivity contribution < 1.29 is 14.6 Å². The van der Waals surface area contributed by atoms with Crippen LogP contribution < -0.4 is 4.74 Å². The SMILES string of the molecule is CCC(C(=O)O)C1CCc2c1[nH]c1ccc(OCc3ccc(-c4cnccn4)cc3)cc21. The van der Waals surface area contributed by atoms with Gasteiger partial charge in [-0.1, -0.05) is 31.2 Å². The summed E-state index contributed by atoms with van der Waals surface area (Å²) in [6, 6.07) is 14.2. The second kappa shape index (κ2) is 8.46. The summed E-state index contributed by atoms with van der Waals surface area (Å²) in [7, 11) is 0. The number of ether oxygens (including phenoxy) is 1. The molecule has 0 saturated carbocycles. The maximum Gasteiger partial charge on any atom is 0.307 e. The maximum absolute atomic E-state index is 11.7. The van der Waals surface area contributed by atoms with Gasteiger partial charge in [0.1, 0.15) is 12.4 Å². The number of hydrogen-bond donors (Lipinski definition) is 2. The van der Waals surface area contributed by atoms with E-state index in [0.717, 1.165) is 52.0 Å². The monoisotopic (exact) mass is 427 g/mol. The van der Waals surface area contributed by atoms with E-state index in [1.807, 2.05) is 43.3 Å². The Bertz CT molecular complexity index is 1250. The zero-order valence-corrected chi connectivity index (χ0v) is 17.9. The predicted octanol–water partition coefficient (Wildman–Crippen LogP) is 5.34. The molecule has 2 aromatic heterocycles. The number of carboxylic acids is 1. The van der Waals surface area contributed by atoms with E-state index in [1.165, 1.54) is 5.56 Å². The molecule has 162 valence electrons. The van der Waals surface area contributed by atoms with Crippen molar-refractivity contribution in [2.75, 3.05) is 0 Å². The molecule has 0 radical (unpaired) electrons. The van der Waals surface area contributed by atoms with E-state index in [1.54, 1.807) is 18.6 Å². The van der Waals surface area contributed by atoms with Gasteiger partial charge in [0.2, 0.25) is 0 Å². The van der Waals surface area contributed by atoms with E-state index in [2.05, 4.69) is 21.0 Å².